The SMILES string of the molecule is CC(C)(C)OC(=O)NC[C@@]12CCC[C@@](C(=O)O)(CC1)C2. The molecular weight excluding hydrogens is 258 g/mol. The molecular formula is C15H25NO4. The molecule has 1 amide bonds. The lowest BCUT2D eigenvalue weighted by Gasteiger charge is -2.37. The average molecular weight is 283 g/mol. The summed E-state index contributed by atoms with van der Waals surface area (Å²) in [6, 6.07) is 0. The van der Waals surface area contributed by atoms with Gasteiger partial charge in [0.2, 0.25) is 0 Å². The van der Waals surface area contributed by atoms with Gasteiger partial charge < -0.3 is 15.2 Å². The van der Waals surface area contributed by atoms with Gasteiger partial charge in [-0.1, -0.05) is 6.42 Å². The summed E-state index contributed by atoms with van der Waals surface area (Å²) in [6.45, 7) is 6.01. The molecule has 2 saturated carbocycles. The molecule has 0 saturated heterocycles. The summed E-state index contributed by atoms with van der Waals surface area (Å²) in [5, 5.41) is 12.3. The van der Waals surface area contributed by atoms with E-state index in [9.17, 15) is 14.7 Å². The number of carbonyl (C=O) groups excluding carboxylic acids is 1. The van der Waals surface area contributed by atoms with Gasteiger partial charge in [-0.2, -0.15) is 0 Å². The van der Waals surface area contributed by atoms with Crippen LogP contribution in [-0.4, -0.2) is 29.3 Å². The molecule has 0 unspecified atom stereocenters. The van der Waals surface area contributed by atoms with Crippen molar-refractivity contribution in [1.82, 2.24) is 5.32 Å². The fraction of sp³-hybridized carbons (Fsp3) is 0.867. The molecule has 114 valence electrons. The van der Waals surface area contributed by atoms with Crippen molar-refractivity contribution in [3.63, 3.8) is 0 Å². The van der Waals surface area contributed by atoms with E-state index in [1.54, 1.807) is 0 Å². The first-order chi connectivity index (χ1) is 9.17. The zero-order valence-corrected chi connectivity index (χ0v) is 12.6. The number of ether oxygens (including phenoxy) is 1. The Morgan fingerprint density at radius 3 is 2.50 bits per heavy atom. The first-order valence-electron chi connectivity index (χ1n) is 7.37. The molecule has 2 atom stereocenters. The fourth-order valence-electron chi connectivity index (χ4n) is 3.73. The standard InChI is InChI=1S/C15H25NO4/c1-13(2,3)20-12(19)16-10-14-5-4-6-15(9-14,8-7-14)11(17)18/h4-10H2,1-3H3,(H,16,19)(H,17,18)/t14-,15+/m0/s1. The molecule has 5 heteroatoms. The lowest BCUT2D eigenvalue weighted by atomic mass is 9.69. The summed E-state index contributed by atoms with van der Waals surface area (Å²) >= 11 is 0. The summed E-state index contributed by atoms with van der Waals surface area (Å²) in [4.78, 5) is 23.2. The number of amides is 1. The highest BCUT2D eigenvalue weighted by molar-refractivity contribution is 5.75. The first-order valence-corrected chi connectivity index (χ1v) is 7.37. The van der Waals surface area contributed by atoms with Crippen molar-refractivity contribution in [2.75, 3.05) is 6.54 Å². The summed E-state index contributed by atoms with van der Waals surface area (Å²) in [6.07, 6.45) is 4.60. The van der Waals surface area contributed by atoms with Gasteiger partial charge in [0.15, 0.2) is 0 Å². The second-order valence-electron chi connectivity index (χ2n) is 7.47. The molecule has 0 aliphatic heterocycles. The van der Waals surface area contributed by atoms with Crippen LogP contribution in [0.2, 0.25) is 0 Å². The second kappa shape index (κ2) is 4.93. The number of carbonyl (C=O) groups is 2. The molecule has 0 radical (unpaired) electrons. The minimum Gasteiger partial charge on any atom is -0.481 e. The third-order valence-electron chi connectivity index (χ3n) is 4.67. The highest BCUT2D eigenvalue weighted by Crippen LogP contribution is 2.58. The smallest absolute Gasteiger partial charge is 0.407 e. The largest absolute Gasteiger partial charge is 0.481 e. The van der Waals surface area contributed by atoms with Crippen molar-refractivity contribution in [2.24, 2.45) is 10.8 Å². The van der Waals surface area contributed by atoms with Crippen LogP contribution < -0.4 is 5.32 Å². The first kappa shape index (κ1) is 15.1. The van der Waals surface area contributed by atoms with Crippen molar-refractivity contribution in [2.45, 2.75) is 64.9 Å². The van der Waals surface area contributed by atoms with Crippen LogP contribution in [0.4, 0.5) is 4.79 Å². The molecule has 0 heterocycles. The normalized spacial score (nSPS) is 32.8. The van der Waals surface area contributed by atoms with E-state index in [1.165, 1.54) is 0 Å². The third-order valence-corrected chi connectivity index (χ3v) is 4.67. The van der Waals surface area contributed by atoms with Crippen LogP contribution in [0.3, 0.4) is 0 Å². The number of aliphatic carboxylic acids is 1. The van der Waals surface area contributed by atoms with E-state index in [4.69, 9.17) is 4.74 Å². The van der Waals surface area contributed by atoms with Crippen LogP contribution in [-0.2, 0) is 9.53 Å². The van der Waals surface area contributed by atoms with Crippen molar-refractivity contribution in [1.29, 1.82) is 0 Å². The predicted molar refractivity (Wildman–Crippen MR) is 74.4 cm³/mol. The van der Waals surface area contributed by atoms with Crippen molar-refractivity contribution in [3.05, 3.63) is 0 Å². The molecule has 2 rings (SSSR count). The maximum absolute atomic E-state index is 11.7. The third kappa shape index (κ3) is 3.07. The van der Waals surface area contributed by atoms with Crippen LogP contribution >= 0.6 is 0 Å². The Morgan fingerprint density at radius 2 is 1.90 bits per heavy atom. The van der Waals surface area contributed by atoms with E-state index in [0.717, 1.165) is 32.1 Å². The van der Waals surface area contributed by atoms with Crippen LogP contribution in [0, 0.1) is 10.8 Å². The highest BCUT2D eigenvalue weighted by atomic mass is 16.6. The molecule has 0 aromatic heterocycles. The van der Waals surface area contributed by atoms with E-state index in [-0.39, 0.29) is 5.41 Å². The number of rotatable bonds is 3. The van der Waals surface area contributed by atoms with E-state index >= 15 is 0 Å². The van der Waals surface area contributed by atoms with Crippen LogP contribution in [0.25, 0.3) is 0 Å². The quantitative estimate of drug-likeness (QED) is 0.835. The zero-order valence-electron chi connectivity index (χ0n) is 12.6. The Balaban J connectivity index is 1.93. The number of hydrogen-bond donors (Lipinski definition) is 2. The van der Waals surface area contributed by atoms with Gasteiger partial charge in [-0.25, -0.2) is 4.79 Å². The summed E-state index contributed by atoms with van der Waals surface area (Å²) < 4.78 is 5.24. The molecule has 2 fully saturated rings. The van der Waals surface area contributed by atoms with Gasteiger partial charge in [0.1, 0.15) is 5.60 Å². The Labute approximate surface area is 120 Å². The lowest BCUT2D eigenvalue weighted by molar-refractivity contribution is -0.150. The van der Waals surface area contributed by atoms with Crippen molar-refractivity contribution >= 4 is 12.1 Å². The van der Waals surface area contributed by atoms with Crippen molar-refractivity contribution < 1.29 is 19.4 Å². The molecule has 0 aromatic carbocycles. The monoisotopic (exact) mass is 283 g/mol. The Morgan fingerprint density at radius 1 is 1.20 bits per heavy atom. The van der Waals surface area contributed by atoms with Gasteiger partial charge in [-0.05, 0) is 58.3 Å². The topological polar surface area (TPSA) is 75.6 Å². The van der Waals surface area contributed by atoms with Gasteiger partial charge >= 0.3 is 12.1 Å². The summed E-state index contributed by atoms with van der Waals surface area (Å²) in [5.74, 6) is -0.670. The Hall–Kier alpha value is -1.26. The van der Waals surface area contributed by atoms with Crippen LogP contribution in [0.5, 0.6) is 0 Å². The molecule has 20 heavy (non-hydrogen) atoms. The number of nitrogens with one attached hydrogen (secondary N) is 1. The average Bonchev–Trinajstić information content (AvgIpc) is 2.59. The molecule has 5 nitrogen and oxygen atoms in total. The van der Waals surface area contributed by atoms with Gasteiger partial charge in [0, 0.05) is 6.54 Å². The number of hydrogen-bond acceptors (Lipinski definition) is 3. The predicted octanol–water partition coefficient (Wildman–Crippen LogP) is 2.94. The number of carboxylic acid groups (broad SMARTS) is 1. The number of alkyl carbamates (subject to hydrolysis) is 1. The van der Waals surface area contributed by atoms with Gasteiger partial charge in [0.05, 0.1) is 5.41 Å². The van der Waals surface area contributed by atoms with E-state index in [2.05, 4.69) is 5.32 Å². The minimum atomic E-state index is -0.670. The zero-order chi connectivity index (χ0) is 15.0. The summed E-state index contributed by atoms with van der Waals surface area (Å²) in [5.41, 5.74) is -1.10. The van der Waals surface area contributed by atoms with Crippen LogP contribution in [0.15, 0.2) is 0 Å². The molecule has 0 spiro atoms. The highest BCUT2D eigenvalue weighted by Gasteiger charge is 2.54. The molecule has 2 N–H and O–H groups in total. The molecule has 2 aliphatic rings. The van der Waals surface area contributed by atoms with E-state index in [1.807, 2.05) is 20.8 Å². The molecule has 2 aliphatic carbocycles. The number of carboxylic acids is 1. The van der Waals surface area contributed by atoms with E-state index < -0.39 is 23.1 Å². The van der Waals surface area contributed by atoms with E-state index in [0.29, 0.717) is 13.0 Å². The van der Waals surface area contributed by atoms with Crippen molar-refractivity contribution in [3.8, 4) is 0 Å². The second-order valence-corrected chi connectivity index (χ2v) is 7.47. The fourth-order valence-corrected chi connectivity index (χ4v) is 3.73. The summed E-state index contributed by atoms with van der Waals surface area (Å²) in [7, 11) is 0. The molecule has 0 aromatic rings. The number of fused-ring (bicyclic) bond motifs is 2. The minimum absolute atomic E-state index is 0.0481. The lowest BCUT2D eigenvalue weighted by Crippen LogP contribution is -2.42. The van der Waals surface area contributed by atoms with Gasteiger partial charge in [-0.3, -0.25) is 4.79 Å². The van der Waals surface area contributed by atoms with Crippen LogP contribution in [0.1, 0.15) is 59.3 Å². The molecule has 2 bridgehead atoms. The maximum atomic E-state index is 11.7. The Bertz CT molecular complexity index is 415. The van der Waals surface area contributed by atoms with Gasteiger partial charge in [-0.15, -0.1) is 0 Å². The Kier molecular flexibility index (Phi) is 3.73. The maximum Gasteiger partial charge on any atom is 0.407 e. The van der Waals surface area contributed by atoms with Gasteiger partial charge in [0.25, 0.3) is 0 Å².